The summed E-state index contributed by atoms with van der Waals surface area (Å²) in [7, 11) is -4.34. The first-order chi connectivity index (χ1) is 8.78. The number of hydrogen-bond acceptors (Lipinski definition) is 3. The van der Waals surface area contributed by atoms with Crippen molar-refractivity contribution >= 4 is 10.4 Å². The van der Waals surface area contributed by atoms with E-state index in [1.165, 1.54) is 19.3 Å². The standard InChI is InChI=1S/C14H30O4S/c1-5-7-8-13(6-2)9-10-14(11-12(3)4)18-19(15,16)17/h12-14H,5-11H2,1-4H3,(H,15,16,17)/t13-,14-/m1/s1. The van der Waals surface area contributed by atoms with Crippen LogP contribution in [0.3, 0.4) is 0 Å². The zero-order chi connectivity index (χ0) is 14.9. The second kappa shape index (κ2) is 9.72. The van der Waals surface area contributed by atoms with Gasteiger partial charge in [0.15, 0.2) is 0 Å². The lowest BCUT2D eigenvalue weighted by atomic mass is 9.91. The predicted molar refractivity (Wildman–Crippen MR) is 78.4 cm³/mol. The Morgan fingerprint density at radius 3 is 2.16 bits per heavy atom. The second-order valence-electron chi connectivity index (χ2n) is 5.77. The molecule has 0 saturated heterocycles. The van der Waals surface area contributed by atoms with Crippen LogP contribution in [0, 0.1) is 11.8 Å². The molecule has 0 heterocycles. The lowest BCUT2D eigenvalue weighted by molar-refractivity contribution is 0.141. The van der Waals surface area contributed by atoms with Crippen LogP contribution in [0.1, 0.15) is 72.6 Å². The second-order valence-corrected chi connectivity index (χ2v) is 6.82. The third-order valence-corrected chi connectivity index (χ3v) is 3.95. The summed E-state index contributed by atoms with van der Waals surface area (Å²) in [6, 6.07) is 0. The molecule has 0 aliphatic heterocycles. The normalized spacial score (nSPS) is 15.7. The number of unbranched alkanes of at least 4 members (excludes halogenated alkanes) is 1. The molecule has 0 radical (unpaired) electrons. The highest BCUT2D eigenvalue weighted by Crippen LogP contribution is 2.23. The molecule has 0 aromatic carbocycles. The largest absolute Gasteiger partial charge is 0.397 e. The summed E-state index contributed by atoms with van der Waals surface area (Å²) in [4.78, 5) is 0. The van der Waals surface area contributed by atoms with Gasteiger partial charge in [0.25, 0.3) is 0 Å². The van der Waals surface area contributed by atoms with E-state index in [9.17, 15) is 8.42 Å². The molecule has 0 bridgehead atoms. The fourth-order valence-electron chi connectivity index (χ4n) is 2.37. The molecular formula is C14H30O4S. The molecule has 0 aliphatic carbocycles. The smallest absolute Gasteiger partial charge is 0.264 e. The van der Waals surface area contributed by atoms with E-state index in [0.29, 0.717) is 24.7 Å². The van der Waals surface area contributed by atoms with E-state index in [1.54, 1.807) is 0 Å². The third-order valence-electron chi connectivity index (χ3n) is 3.43. The zero-order valence-electron chi connectivity index (χ0n) is 12.8. The summed E-state index contributed by atoms with van der Waals surface area (Å²) in [6.45, 7) is 8.39. The van der Waals surface area contributed by atoms with Crippen LogP contribution in [0.25, 0.3) is 0 Å². The first-order valence-electron chi connectivity index (χ1n) is 7.44. The van der Waals surface area contributed by atoms with E-state index in [4.69, 9.17) is 8.74 Å². The fourth-order valence-corrected chi connectivity index (χ4v) is 2.89. The Morgan fingerprint density at radius 2 is 1.74 bits per heavy atom. The summed E-state index contributed by atoms with van der Waals surface area (Å²) in [5, 5.41) is 0. The van der Waals surface area contributed by atoms with Crippen molar-refractivity contribution in [2.75, 3.05) is 0 Å². The SMILES string of the molecule is CCCC[C@@H](CC)CC[C@H](CC(C)C)OS(=O)(=O)O. The lowest BCUT2D eigenvalue weighted by Gasteiger charge is -2.21. The highest BCUT2D eigenvalue weighted by atomic mass is 32.3. The Balaban J connectivity index is 4.30. The van der Waals surface area contributed by atoms with Gasteiger partial charge < -0.3 is 0 Å². The summed E-state index contributed by atoms with van der Waals surface area (Å²) in [5.74, 6) is 0.974. The summed E-state index contributed by atoms with van der Waals surface area (Å²) < 4.78 is 35.3. The van der Waals surface area contributed by atoms with Crippen LogP contribution in [-0.4, -0.2) is 19.1 Å². The van der Waals surface area contributed by atoms with Crippen molar-refractivity contribution in [2.45, 2.75) is 78.7 Å². The average Bonchev–Trinajstić information content (AvgIpc) is 2.26. The van der Waals surface area contributed by atoms with Crippen molar-refractivity contribution < 1.29 is 17.2 Å². The summed E-state index contributed by atoms with van der Waals surface area (Å²) >= 11 is 0. The van der Waals surface area contributed by atoms with Crippen molar-refractivity contribution in [3.05, 3.63) is 0 Å². The van der Waals surface area contributed by atoms with Gasteiger partial charge >= 0.3 is 10.4 Å². The van der Waals surface area contributed by atoms with Gasteiger partial charge in [-0.3, -0.25) is 4.55 Å². The molecule has 2 atom stereocenters. The monoisotopic (exact) mass is 294 g/mol. The van der Waals surface area contributed by atoms with E-state index < -0.39 is 16.5 Å². The average molecular weight is 294 g/mol. The molecule has 0 amide bonds. The van der Waals surface area contributed by atoms with Crippen molar-refractivity contribution in [1.29, 1.82) is 0 Å². The first-order valence-corrected chi connectivity index (χ1v) is 8.80. The molecule has 0 unspecified atom stereocenters. The van der Waals surface area contributed by atoms with Gasteiger partial charge in [-0.05, 0) is 31.1 Å². The number of rotatable bonds is 11. The minimum Gasteiger partial charge on any atom is -0.264 e. The maximum absolute atomic E-state index is 10.8. The maximum Gasteiger partial charge on any atom is 0.397 e. The molecule has 1 N–H and O–H groups in total. The van der Waals surface area contributed by atoms with Crippen molar-refractivity contribution in [3.8, 4) is 0 Å². The Labute approximate surface area is 118 Å². The molecule has 19 heavy (non-hydrogen) atoms. The van der Waals surface area contributed by atoms with Gasteiger partial charge in [-0.2, -0.15) is 8.42 Å². The van der Waals surface area contributed by atoms with Crippen molar-refractivity contribution in [2.24, 2.45) is 11.8 Å². The summed E-state index contributed by atoms with van der Waals surface area (Å²) in [5.41, 5.74) is 0. The molecule has 0 spiro atoms. The molecule has 0 aromatic rings. The highest BCUT2D eigenvalue weighted by Gasteiger charge is 2.20. The van der Waals surface area contributed by atoms with E-state index in [0.717, 1.165) is 12.8 Å². The fraction of sp³-hybridized carbons (Fsp3) is 1.00. The van der Waals surface area contributed by atoms with Crippen LogP contribution in [0.2, 0.25) is 0 Å². The van der Waals surface area contributed by atoms with E-state index in [1.807, 2.05) is 13.8 Å². The molecule has 0 saturated carbocycles. The Bertz CT molecular complexity index is 311. The van der Waals surface area contributed by atoms with Gasteiger partial charge in [0.05, 0.1) is 6.10 Å². The zero-order valence-corrected chi connectivity index (χ0v) is 13.6. The topological polar surface area (TPSA) is 63.6 Å². The van der Waals surface area contributed by atoms with Gasteiger partial charge in [0.2, 0.25) is 0 Å². The van der Waals surface area contributed by atoms with E-state index in [-0.39, 0.29) is 0 Å². The van der Waals surface area contributed by atoms with Gasteiger partial charge in [0.1, 0.15) is 0 Å². The van der Waals surface area contributed by atoms with Crippen LogP contribution < -0.4 is 0 Å². The molecule has 116 valence electrons. The molecule has 4 nitrogen and oxygen atoms in total. The Morgan fingerprint density at radius 1 is 1.11 bits per heavy atom. The molecular weight excluding hydrogens is 264 g/mol. The molecule has 0 aromatic heterocycles. The van der Waals surface area contributed by atoms with E-state index >= 15 is 0 Å². The minimum absolute atomic E-state index is 0.350. The van der Waals surface area contributed by atoms with Crippen molar-refractivity contribution in [3.63, 3.8) is 0 Å². The first kappa shape index (κ1) is 18.9. The molecule has 0 rings (SSSR count). The van der Waals surface area contributed by atoms with Gasteiger partial charge in [-0.1, -0.05) is 53.4 Å². The molecule has 0 fully saturated rings. The van der Waals surface area contributed by atoms with Crippen LogP contribution >= 0.6 is 0 Å². The Kier molecular flexibility index (Phi) is 9.66. The van der Waals surface area contributed by atoms with Crippen LogP contribution in [-0.2, 0) is 14.6 Å². The minimum atomic E-state index is -4.34. The number of hydrogen-bond donors (Lipinski definition) is 1. The van der Waals surface area contributed by atoms with Crippen LogP contribution in [0.4, 0.5) is 0 Å². The van der Waals surface area contributed by atoms with Crippen LogP contribution in [0.15, 0.2) is 0 Å². The van der Waals surface area contributed by atoms with Gasteiger partial charge in [-0.25, -0.2) is 4.18 Å². The lowest BCUT2D eigenvalue weighted by Crippen LogP contribution is -2.21. The highest BCUT2D eigenvalue weighted by molar-refractivity contribution is 7.80. The molecule has 0 aliphatic rings. The maximum atomic E-state index is 10.8. The van der Waals surface area contributed by atoms with E-state index in [2.05, 4.69) is 13.8 Å². The van der Waals surface area contributed by atoms with Crippen molar-refractivity contribution in [1.82, 2.24) is 0 Å². The van der Waals surface area contributed by atoms with Gasteiger partial charge in [-0.15, -0.1) is 0 Å². The van der Waals surface area contributed by atoms with Crippen LogP contribution in [0.5, 0.6) is 0 Å². The summed E-state index contributed by atoms with van der Waals surface area (Å²) in [6.07, 6.45) is 6.62. The Hall–Kier alpha value is -0.130. The molecule has 5 heteroatoms. The predicted octanol–water partition coefficient (Wildman–Crippen LogP) is 4.22. The quantitative estimate of drug-likeness (QED) is 0.580. The van der Waals surface area contributed by atoms with Gasteiger partial charge in [0, 0.05) is 0 Å². The third kappa shape index (κ3) is 11.4.